The number of likely N-dealkylation sites (N-methyl/N-ethyl adjacent to an activating group) is 1. The summed E-state index contributed by atoms with van der Waals surface area (Å²) in [5.41, 5.74) is -0.594. The van der Waals surface area contributed by atoms with Gasteiger partial charge in [-0.15, -0.1) is 0 Å². The zero-order valence-electron chi connectivity index (χ0n) is 14.8. The summed E-state index contributed by atoms with van der Waals surface area (Å²) in [6.07, 6.45) is 2.85. The van der Waals surface area contributed by atoms with Crippen LogP contribution in [0.4, 0.5) is 10.7 Å². The van der Waals surface area contributed by atoms with Gasteiger partial charge in [0.2, 0.25) is 5.95 Å². The van der Waals surface area contributed by atoms with Crippen molar-refractivity contribution in [1.82, 2.24) is 14.9 Å². The molecular formula is C15H21LiN4O4. The first-order chi connectivity index (χ1) is 10.7. The number of carbonyl (C=O) groups is 2. The van der Waals surface area contributed by atoms with Crippen LogP contribution in [-0.2, 0) is 4.74 Å². The Labute approximate surface area is 153 Å². The zero-order chi connectivity index (χ0) is 17.2. The average Bonchev–Trinajstić information content (AvgIpc) is 2.94. The number of hydrogen-bond donors (Lipinski definition) is 0. The Morgan fingerprint density at radius 2 is 1.92 bits per heavy atom. The Bertz CT molecular complexity index is 588. The topological polar surface area (TPSA) is 98.7 Å². The van der Waals surface area contributed by atoms with E-state index in [1.165, 1.54) is 12.4 Å². The van der Waals surface area contributed by atoms with E-state index in [4.69, 9.17) is 4.74 Å². The second-order valence-electron chi connectivity index (χ2n) is 6.54. The summed E-state index contributed by atoms with van der Waals surface area (Å²) >= 11 is 0. The first kappa shape index (κ1) is 20.3. The molecule has 1 fully saturated rings. The van der Waals surface area contributed by atoms with E-state index in [1.54, 1.807) is 11.9 Å². The Balaban J connectivity index is 0.00000288. The van der Waals surface area contributed by atoms with Gasteiger partial charge in [0, 0.05) is 38.1 Å². The predicted octanol–water partition coefficient (Wildman–Crippen LogP) is -2.71. The van der Waals surface area contributed by atoms with Gasteiger partial charge in [-0.2, -0.15) is 0 Å². The fraction of sp³-hybridized carbons (Fsp3) is 0.600. The summed E-state index contributed by atoms with van der Waals surface area (Å²) < 4.78 is 5.36. The van der Waals surface area contributed by atoms with Crippen LogP contribution >= 0.6 is 0 Å². The van der Waals surface area contributed by atoms with E-state index >= 15 is 0 Å². The van der Waals surface area contributed by atoms with E-state index in [9.17, 15) is 14.7 Å². The molecule has 0 aromatic carbocycles. The van der Waals surface area contributed by atoms with Crippen molar-refractivity contribution in [2.45, 2.75) is 38.8 Å². The molecule has 9 heteroatoms. The molecule has 0 aliphatic carbocycles. The molecule has 1 aromatic rings. The van der Waals surface area contributed by atoms with Gasteiger partial charge in [0.25, 0.3) is 0 Å². The zero-order valence-corrected chi connectivity index (χ0v) is 14.8. The molecule has 2 heterocycles. The van der Waals surface area contributed by atoms with Crippen LogP contribution in [0.3, 0.4) is 0 Å². The second-order valence-corrected chi connectivity index (χ2v) is 6.54. The smallest absolute Gasteiger partial charge is 0.545 e. The van der Waals surface area contributed by atoms with Crippen molar-refractivity contribution >= 4 is 18.0 Å². The predicted molar refractivity (Wildman–Crippen MR) is 81.0 cm³/mol. The molecule has 126 valence electrons. The molecule has 2 rings (SSSR count). The monoisotopic (exact) mass is 328 g/mol. The van der Waals surface area contributed by atoms with E-state index in [2.05, 4.69) is 9.97 Å². The molecule has 8 nitrogen and oxygen atoms in total. The summed E-state index contributed by atoms with van der Waals surface area (Å²) in [7, 11) is 1.71. The van der Waals surface area contributed by atoms with Crippen molar-refractivity contribution in [3.05, 3.63) is 18.0 Å². The Morgan fingerprint density at radius 1 is 1.33 bits per heavy atom. The summed E-state index contributed by atoms with van der Waals surface area (Å²) in [4.78, 5) is 34.4. The number of carbonyl (C=O) groups excluding carboxylic acids is 2. The number of anilines is 1. The summed E-state index contributed by atoms with van der Waals surface area (Å²) in [5.74, 6) is -0.865. The first-order valence-corrected chi connectivity index (χ1v) is 7.41. The maximum absolute atomic E-state index is 12.1. The van der Waals surface area contributed by atoms with Crippen LogP contribution in [0.25, 0.3) is 0 Å². The molecule has 1 amide bonds. The van der Waals surface area contributed by atoms with E-state index < -0.39 is 11.6 Å². The van der Waals surface area contributed by atoms with Crippen molar-refractivity contribution in [2.75, 3.05) is 25.0 Å². The number of amides is 1. The van der Waals surface area contributed by atoms with Gasteiger partial charge in [0.1, 0.15) is 5.60 Å². The number of hydrogen-bond acceptors (Lipinski definition) is 7. The van der Waals surface area contributed by atoms with Gasteiger partial charge in [-0.25, -0.2) is 14.8 Å². The van der Waals surface area contributed by atoms with Crippen LogP contribution < -0.4 is 28.9 Å². The number of nitrogens with zero attached hydrogens (tertiary/aromatic N) is 4. The standard InChI is InChI=1S/C15H22N4O4.Li/c1-15(2,3)23-14(22)18(4)11-5-6-19(9-11)13-16-7-10(8-17-13)12(20)21;/h7-8,11H,5-6,9H2,1-4H3,(H,20,21);/q;+1/p-1/t11-;/m1./s1. The Hall–Kier alpha value is -1.78. The number of aromatic carboxylic acids is 1. The molecular weight excluding hydrogens is 307 g/mol. The van der Waals surface area contributed by atoms with Crippen LogP contribution in [0.5, 0.6) is 0 Å². The third kappa shape index (κ3) is 5.11. The third-order valence-electron chi connectivity index (χ3n) is 3.55. The van der Waals surface area contributed by atoms with Crippen molar-refractivity contribution in [1.29, 1.82) is 0 Å². The van der Waals surface area contributed by atoms with E-state index in [-0.39, 0.29) is 36.6 Å². The Kier molecular flexibility index (Phi) is 6.64. The second kappa shape index (κ2) is 7.86. The maximum atomic E-state index is 12.1. The summed E-state index contributed by atoms with van der Waals surface area (Å²) in [6.45, 7) is 6.73. The molecule has 1 aromatic heterocycles. The molecule has 0 saturated carbocycles. The van der Waals surface area contributed by atoms with Crippen LogP contribution in [0.2, 0.25) is 0 Å². The molecule has 0 bridgehead atoms. The SMILES string of the molecule is CN(C(=O)OC(C)(C)C)[C@@H]1CCN(c2ncc(C(=O)[O-])cn2)C1.[Li+]. The molecule has 0 spiro atoms. The van der Waals surface area contributed by atoms with Gasteiger partial charge >= 0.3 is 25.0 Å². The third-order valence-corrected chi connectivity index (χ3v) is 3.55. The fourth-order valence-electron chi connectivity index (χ4n) is 2.31. The maximum Gasteiger partial charge on any atom is 1.00 e. The summed E-state index contributed by atoms with van der Waals surface area (Å²) in [5, 5.41) is 10.7. The minimum atomic E-state index is -1.31. The van der Waals surface area contributed by atoms with Gasteiger partial charge in [-0.3, -0.25) is 0 Å². The molecule has 1 aliphatic rings. The van der Waals surface area contributed by atoms with Crippen molar-refractivity contribution < 1.29 is 38.3 Å². The molecule has 0 radical (unpaired) electrons. The van der Waals surface area contributed by atoms with Crippen molar-refractivity contribution in [3.8, 4) is 0 Å². The normalized spacial score (nSPS) is 17.2. The number of aromatic nitrogens is 2. The van der Waals surface area contributed by atoms with Crippen LogP contribution in [0.1, 0.15) is 37.6 Å². The van der Waals surface area contributed by atoms with Gasteiger partial charge in [-0.05, 0) is 27.2 Å². The molecule has 1 saturated heterocycles. The number of carboxylic acid groups (broad SMARTS) is 1. The van der Waals surface area contributed by atoms with E-state index in [0.717, 1.165) is 6.42 Å². The van der Waals surface area contributed by atoms with Gasteiger partial charge < -0.3 is 24.4 Å². The van der Waals surface area contributed by atoms with E-state index in [1.807, 2.05) is 25.7 Å². The Morgan fingerprint density at radius 3 is 2.42 bits per heavy atom. The minimum absolute atomic E-state index is 0. The van der Waals surface area contributed by atoms with Gasteiger partial charge in [-0.1, -0.05) is 0 Å². The number of ether oxygens (including phenoxy) is 1. The fourth-order valence-corrected chi connectivity index (χ4v) is 2.31. The van der Waals surface area contributed by atoms with Crippen LogP contribution in [0.15, 0.2) is 12.4 Å². The largest absolute Gasteiger partial charge is 1.00 e. The van der Waals surface area contributed by atoms with E-state index in [0.29, 0.717) is 19.0 Å². The van der Waals surface area contributed by atoms with Crippen LogP contribution in [0, 0.1) is 0 Å². The summed E-state index contributed by atoms with van der Waals surface area (Å²) in [6, 6.07) is -0.00531. The quantitative estimate of drug-likeness (QED) is 0.556. The molecule has 0 unspecified atom stereocenters. The molecule has 1 aliphatic heterocycles. The minimum Gasteiger partial charge on any atom is -0.545 e. The number of carboxylic acids is 1. The molecule has 0 N–H and O–H groups in total. The first-order valence-electron chi connectivity index (χ1n) is 7.41. The van der Waals surface area contributed by atoms with Crippen molar-refractivity contribution in [2.24, 2.45) is 0 Å². The molecule has 1 atom stereocenters. The molecule has 24 heavy (non-hydrogen) atoms. The van der Waals surface area contributed by atoms with Crippen molar-refractivity contribution in [3.63, 3.8) is 0 Å². The number of rotatable bonds is 3. The van der Waals surface area contributed by atoms with Gasteiger partial charge in [0.05, 0.1) is 12.0 Å². The van der Waals surface area contributed by atoms with Crippen LogP contribution in [-0.4, -0.2) is 58.7 Å². The average molecular weight is 328 g/mol. The van der Waals surface area contributed by atoms with Gasteiger partial charge in [0.15, 0.2) is 0 Å².